The van der Waals surface area contributed by atoms with Crippen LogP contribution in [0.5, 0.6) is 17.2 Å². The van der Waals surface area contributed by atoms with Crippen LogP contribution < -0.4 is 20.1 Å². The normalized spacial score (nSPS) is 19.3. The van der Waals surface area contributed by atoms with Gasteiger partial charge in [-0.3, -0.25) is 4.79 Å². The molecule has 6 nitrogen and oxygen atoms in total. The Hall–Kier alpha value is -3.93. The number of fused-ring (bicyclic) bond motifs is 1. The molecule has 0 saturated heterocycles. The first-order valence-corrected chi connectivity index (χ1v) is 11.9. The van der Waals surface area contributed by atoms with E-state index in [0.717, 1.165) is 33.8 Å². The van der Waals surface area contributed by atoms with Crippen LogP contribution >= 0.6 is 0 Å². The first-order chi connectivity index (χ1) is 16.9. The van der Waals surface area contributed by atoms with Crippen LogP contribution in [0.15, 0.2) is 78.0 Å². The van der Waals surface area contributed by atoms with Gasteiger partial charge in [-0.25, -0.2) is 0 Å². The van der Waals surface area contributed by atoms with E-state index in [9.17, 15) is 9.90 Å². The lowest BCUT2D eigenvalue weighted by Gasteiger charge is -2.30. The van der Waals surface area contributed by atoms with Crippen LogP contribution in [-0.2, 0) is 4.79 Å². The number of allylic oxidation sites excluding steroid dienone is 1. The third-order valence-electron chi connectivity index (χ3n) is 6.56. The summed E-state index contributed by atoms with van der Waals surface area (Å²) >= 11 is 0. The minimum atomic E-state index is -0.313. The van der Waals surface area contributed by atoms with Gasteiger partial charge in [-0.05, 0) is 73.7 Å². The number of methoxy groups -OCH3 is 1. The maximum absolute atomic E-state index is 13.7. The molecule has 2 unspecified atom stereocenters. The predicted molar refractivity (Wildman–Crippen MR) is 137 cm³/mol. The Morgan fingerprint density at radius 1 is 0.914 bits per heavy atom. The summed E-state index contributed by atoms with van der Waals surface area (Å²) in [4.78, 5) is 13.7. The second kappa shape index (κ2) is 9.37. The molecule has 0 amide bonds. The lowest BCUT2D eigenvalue weighted by atomic mass is 9.78. The number of anilines is 2. The molecule has 0 fully saturated rings. The molecule has 0 saturated carbocycles. The number of carbonyl (C=O) groups excluding carboxylic acids is 1. The number of rotatable bonds is 5. The molecule has 1 heterocycles. The Morgan fingerprint density at radius 3 is 2.34 bits per heavy atom. The highest BCUT2D eigenvalue weighted by atomic mass is 16.5. The van der Waals surface area contributed by atoms with E-state index in [-0.39, 0.29) is 29.6 Å². The van der Waals surface area contributed by atoms with Crippen molar-refractivity contribution in [2.75, 3.05) is 17.7 Å². The molecule has 1 aliphatic heterocycles. The van der Waals surface area contributed by atoms with Gasteiger partial charge >= 0.3 is 0 Å². The Kier molecular flexibility index (Phi) is 6.12. The van der Waals surface area contributed by atoms with Gasteiger partial charge < -0.3 is 25.2 Å². The number of nitrogens with one attached hydrogen (secondary N) is 2. The van der Waals surface area contributed by atoms with E-state index in [0.29, 0.717) is 24.3 Å². The summed E-state index contributed by atoms with van der Waals surface area (Å²) in [5.41, 5.74) is 5.51. The minimum absolute atomic E-state index is 0.0153. The van der Waals surface area contributed by atoms with Gasteiger partial charge in [-0.15, -0.1) is 0 Å². The van der Waals surface area contributed by atoms with Gasteiger partial charge in [0.15, 0.2) is 17.3 Å². The number of ether oxygens (including phenoxy) is 2. The molecule has 5 rings (SSSR count). The molecule has 0 aromatic heterocycles. The van der Waals surface area contributed by atoms with Crippen molar-refractivity contribution in [1.82, 2.24) is 0 Å². The zero-order chi connectivity index (χ0) is 24.5. The predicted octanol–water partition coefficient (Wildman–Crippen LogP) is 6.17. The monoisotopic (exact) mass is 470 g/mol. The van der Waals surface area contributed by atoms with Crippen LogP contribution in [0, 0.1) is 0 Å². The number of phenols is 1. The Bertz CT molecular complexity index is 1280. The van der Waals surface area contributed by atoms with Gasteiger partial charge in [0.25, 0.3) is 0 Å². The van der Waals surface area contributed by atoms with Crippen LogP contribution in [0.25, 0.3) is 0 Å². The fourth-order valence-corrected chi connectivity index (χ4v) is 4.93. The lowest BCUT2D eigenvalue weighted by molar-refractivity contribution is -0.116. The molecular weight excluding hydrogens is 440 g/mol. The van der Waals surface area contributed by atoms with Crippen molar-refractivity contribution in [2.45, 2.75) is 44.8 Å². The zero-order valence-electron chi connectivity index (χ0n) is 20.2. The number of aromatic hydroxyl groups is 1. The third kappa shape index (κ3) is 4.56. The van der Waals surface area contributed by atoms with E-state index < -0.39 is 0 Å². The van der Waals surface area contributed by atoms with Crippen molar-refractivity contribution in [1.29, 1.82) is 0 Å². The van der Waals surface area contributed by atoms with Crippen LogP contribution in [0.1, 0.15) is 49.8 Å². The van der Waals surface area contributed by atoms with Crippen molar-refractivity contribution >= 4 is 17.2 Å². The zero-order valence-corrected chi connectivity index (χ0v) is 20.2. The maximum Gasteiger partial charge on any atom is 0.163 e. The molecule has 0 bridgehead atoms. The Balaban J connectivity index is 1.54. The fourth-order valence-electron chi connectivity index (χ4n) is 4.93. The summed E-state index contributed by atoms with van der Waals surface area (Å²) in [5.74, 6) is 1.69. The minimum Gasteiger partial charge on any atom is -0.508 e. The second-order valence-electron chi connectivity index (χ2n) is 9.34. The Labute approximate surface area is 205 Å². The van der Waals surface area contributed by atoms with Crippen LogP contribution in [0.4, 0.5) is 11.4 Å². The second-order valence-corrected chi connectivity index (χ2v) is 9.34. The molecule has 3 N–H and O–H groups in total. The summed E-state index contributed by atoms with van der Waals surface area (Å²) in [7, 11) is 1.64. The summed E-state index contributed by atoms with van der Waals surface area (Å²) in [6.45, 7) is 3.96. The van der Waals surface area contributed by atoms with E-state index in [1.165, 1.54) is 0 Å². The van der Waals surface area contributed by atoms with E-state index in [1.807, 2.05) is 68.4 Å². The van der Waals surface area contributed by atoms with Gasteiger partial charge in [-0.1, -0.05) is 30.3 Å². The number of hydrogen-bond acceptors (Lipinski definition) is 6. The number of para-hydroxylation sites is 2. The summed E-state index contributed by atoms with van der Waals surface area (Å²) in [5, 5.41) is 16.9. The fraction of sp³-hybridized carbons (Fsp3) is 0.276. The average Bonchev–Trinajstić information content (AvgIpc) is 3.01. The summed E-state index contributed by atoms with van der Waals surface area (Å²) < 4.78 is 11.5. The number of Topliss-reactive ketones (excluding diaryl/α,β-unsaturated/α-hetero) is 1. The number of ketones is 1. The van der Waals surface area contributed by atoms with Crippen molar-refractivity contribution in [3.63, 3.8) is 0 Å². The van der Waals surface area contributed by atoms with Crippen molar-refractivity contribution in [3.05, 3.63) is 89.1 Å². The molecule has 3 aromatic carbocycles. The van der Waals surface area contributed by atoms with E-state index >= 15 is 0 Å². The van der Waals surface area contributed by atoms with E-state index in [4.69, 9.17) is 9.47 Å². The molecule has 2 aliphatic rings. The molecular formula is C29H30N2O4. The molecule has 3 aromatic rings. The van der Waals surface area contributed by atoms with Crippen molar-refractivity contribution in [2.24, 2.45) is 0 Å². The lowest BCUT2D eigenvalue weighted by Crippen LogP contribution is -2.26. The summed E-state index contributed by atoms with van der Waals surface area (Å²) in [6, 6.07) is 20.7. The first kappa shape index (κ1) is 22.8. The number of phenolic OH excluding ortho intramolecular Hbond substituents is 1. The molecule has 35 heavy (non-hydrogen) atoms. The average molecular weight is 471 g/mol. The van der Waals surface area contributed by atoms with Crippen LogP contribution in [-0.4, -0.2) is 24.1 Å². The molecule has 6 heteroatoms. The Morgan fingerprint density at radius 2 is 1.63 bits per heavy atom. The van der Waals surface area contributed by atoms with Gasteiger partial charge in [0.2, 0.25) is 0 Å². The topological polar surface area (TPSA) is 79.8 Å². The molecule has 1 aliphatic carbocycles. The molecule has 2 atom stereocenters. The maximum atomic E-state index is 13.7. The molecule has 0 spiro atoms. The quantitative estimate of drug-likeness (QED) is 0.414. The van der Waals surface area contributed by atoms with Gasteiger partial charge in [0.1, 0.15) is 5.75 Å². The molecule has 180 valence electrons. The standard InChI is InChI=1S/C29H30N2O4/c1-17(2)35-26-13-10-19(16-27(26)34-3)20-14-24-28(25(33)15-20)29(18-8-11-21(32)12-9-18)31-23-7-5-4-6-22(23)30-24/h4-13,16-17,20,29-32H,14-15H2,1-3H3. The van der Waals surface area contributed by atoms with Gasteiger partial charge in [0.05, 0.1) is 30.6 Å². The van der Waals surface area contributed by atoms with E-state index in [2.05, 4.69) is 10.6 Å². The summed E-state index contributed by atoms with van der Waals surface area (Å²) in [6.07, 6.45) is 1.14. The van der Waals surface area contributed by atoms with Crippen molar-refractivity contribution < 1.29 is 19.4 Å². The SMILES string of the molecule is COc1cc(C2CC(=O)C3=C(C2)Nc2ccccc2NC3c2ccc(O)cc2)ccc1OC(C)C. The number of benzene rings is 3. The highest BCUT2D eigenvalue weighted by Gasteiger charge is 2.36. The highest BCUT2D eigenvalue weighted by Crippen LogP contribution is 2.45. The highest BCUT2D eigenvalue weighted by molar-refractivity contribution is 6.01. The molecule has 0 radical (unpaired) electrons. The van der Waals surface area contributed by atoms with Crippen molar-refractivity contribution in [3.8, 4) is 17.2 Å². The third-order valence-corrected chi connectivity index (χ3v) is 6.56. The number of carbonyl (C=O) groups is 1. The largest absolute Gasteiger partial charge is 0.508 e. The van der Waals surface area contributed by atoms with E-state index in [1.54, 1.807) is 19.2 Å². The first-order valence-electron chi connectivity index (χ1n) is 11.9. The van der Waals surface area contributed by atoms with Crippen LogP contribution in [0.2, 0.25) is 0 Å². The number of hydrogen-bond donors (Lipinski definition) is 3. The smallest absolute Gasteiger partial charge is 0.163 e. The van der Waals surface area contributed by atoms with Gasteiger partial charge in [-0.2, -0.15) is 0 Å². The van der Waals surface area contributed by atoms with Crippen LogP contribution in [0.3, 0.4) is 0 Å². The van der Waals surface area contributed by atoms with Gasteiger partial charge in [0, 0.05) is 17.7 Å².